The van der Waals surface area contributed by atoms with E-state index in [2.05, 4.69) is 10.3 Å². The SMILES string of the molecule is NCCOCCNCc1csc(=O)[nH]1. The first kappa shape index (κ1) is 11.4. The maximum atomic E-state index is 10.8. The predicted octanol–water partition coefficient (Wildman–Crippen LogP) is -0.499. The highest BCUT2D eigenvalue weighted by molar-refractivity contribution is 7.07. The molecule has 0 unspecified atom stereocenters. The van der Waals surface area contributed by atoms with Gasteiger partial charge in [-0.25, -0.2) is 0 Å². The van der Waals surface area contributed by atoms with Crippen LogP contribution in [0.3, 0.4) is 0 Å². The first-order valence-electron chi connectivity index (χ1n) is 4.48. The van der Waals surface area contributed by atoms with Crippen molar-refractivity contribution < 1.29 is 4.74 Å². The molecule has 0 aliphatic heterocycles. The standard InChI is InChI=1S/C8H15N3O2S/c9-1-3-13-4-2-10-5-7-6-14-8(12)11-7/h6,10H,1-5,9H2,(H,11,12). The van der Waals surface area contributed by atoms with Crippen molar-refractivity contribution >= 4 is 11.3 Å². The van der Waals surface area contributed by atoms with E-state index >= 15 is 0 Å². The summed E-state index contributed by atoms with van der Waals surface area (Å²) in [7, 11) is 0. The van der Waals surface area contributed by atoms with Crippen molar-refractivity contribution in [2.24, 2.45) is 5.73 Å². The van der Waals surface area contributed by atoms with Crippen LogP contribution in [0.2, 0.25) is 0 Å². The zero-order chi connectivity index (χ0) is 10.2. The van der Waals surface area contributed by atoms with E-state index in [1.54, 1.807) is 0 Å². The quantitative estimate of drug-likeness (QED) is 0.538. The maximum Gasteiger partial charge on any atom is 0.304 e. The van der Waals surface area contributed by atoms with Crippen molar-refractivity contribution in [3.05, 3.63) is 20.7 Å². The molecule has 0 aliphatic rings. The van der Waals surface area contributed by atoms with Crippen molar-refractivity contribution in [3.63, 3.8) is 0 Å². The summed E-state index contributed by atoms with van der Waals surface area (Å²) in [5, 5.41) is 4.96. The maximum absolute atomic E-state index is 10.8. The number of rotatable bonds is 7. The van der Waals surface area contributed by atoms with Crippen molar-refractivity contribution in [1.29, 1.82) is 0 Å². The van der Waals surface area contributed by atoms with E-state index in [-0.39, 0.29) is 4.87 Å². The summed E-state index contributed by atoms with van der Waals surface area (Å²) in [5.41, 5.74) is 6.17. The monoisotopic (exact) mass is 217 g/mol. The number of nitrogens with one attached hydrogen (secondary N) is 2. The lowest BCUT2D eigenvalue weighted by molar-refractivity contribution is 0.143. The molecule has 1 rings (SSSR count). The van der Waals surface area contributed by atoms with Crippen LogP contribution in [0.1, 0.15) is 5.69 Å². The lowest BCUT2D eigenvalue weighted by Crippen LogP contribution is -2.21. The highest BCUT2D eigenvalue weighted by atomic mass is 32.1. The minimum absolute atomic E-state index is 0.0128. The van der Waals surface area contributed by atoms with E-state index in [9.17, 15) is 4.79 Å². The number of ether oxygens (including phenoxy) is 1. The van der Waals surface area contributed by atoms with Crippen LogP contribution in [0, 0.1) is 0 Å². The molecule has 1 aromatic heterocycles. The summed E-state index contributed by atoms with van der Waals surface area (Å²) in [6, 6.07) is 0. The molecule has 0 bridgehead atoms. The predicted molar refractivity (Wildman–Crippen MR) is 56.5 cm³/mol. The molecule has 6 heteroatoms. The Morgan fingerprint density at radius 2 is 2.43 bits per heavy atom. The van der Waals surface area contributed by atoms with E-state index in [1.807, 2.05) is 5.38 Å². The van der Waals surface area contributed by atoms with Gasteiger partial charge in [0.1, 0.15) is 0 Å². The van der Waals surface area contributed by atoms with Crippen molar-refractivity contribution in [2.45, 2.75) is 6.54 Å². The van der Waals surface area contributed by atoms with Gasteiger partial charge in [-0.05, 0) is 0 Å². The van der Waals surface area contributed by atoms with Gasteiger partial charge in [-0.1, -0.05) is 11.3 Å². The van der Waals surface area contributed by atoms with Crippen LogP contribution in [0.4, 0.5) is 0 Å². The number of thiazole rings is 1. The number of hydrogen-bond acceptors (Lipinski definition) is 5. The van der Waals surface area contributed by atoms with Crippen LogP contribution in [0.15, 0.2) is 10.2 Å². The number of nitrogens with two attached hydrogens (primary N) is 1. The first-order valence-corrected chi connectivity index (χ1v) is 5.36. The minimum atomic E-state index is -0.0128. The zero-order valence-corrected chi connectivity index (χ0v) is 8.73. The van der Waals surface area contributed by atoms with E-state index in [1.165, 1.54) is 11.3 Å². The molecule has 0 spiro atoms. The molecule has 0 saturated carbocycles. The molecular weight excluding hydrogens is 202 g/mol. The zero-order valence-electron chi connectivity index (χ0n) is 7.91. The number of H-pyrrole nitrogens is 1. The molecule has 1 heterocycles. The summed E-state index contributed by atoms with van der Waals surface area (Å²) >= 11 is 1.18. The molecule has 0 aliphatic carbocycles. The van der Waals surface area contributed by atoms with Crippen LogP contribution in [0.25, 0.3) is 0 Å². The molecule has 0 fully saturated rings. The summed E-state index contributed by atoms with van der Waals surface area (Å²) < 4.78 is 5.17. The van der Waals surface area contributed by atoms with Gasteiger partial charge >= 0.3 is 4.87 Å². The second-order valence-electron chi connectivity index (χ2n) is 2.75. The first-order chi connectivity index (χ1) is 6.83. The molecule has 0 amide bonds. The van der Waals surface area contributed by atoms with Crippen LogP contribution < -0.4 is 15.9 Å². The van der Waals surface area contributed by atoms with Crippen molar-refractivity contribution in [1.82, 2.24) is 10.3 Å². The topological polar surface area (TPSA) is 80.1 Å². The van der Waals surface area contributed by atoms with E-state index in [4.69, 9.17) is 10.5 Å². The van der Waals surface area contributed by atoms with E-state index in [0.29, 0.717) is 26.3 Å². The molecule has 4 N–H and O–H groups in total. The third-order valence-electron chi connectivity index (χ3n) is 1.57. The molecule has 0 aromatic carbocycles. The van der Waals surface area contributed by atoms with E-state index in [0.717, 1.165) is 12.2 Å². The Labute approximate surface area is 86.3 Å². The average Bonchev–Trinajstić information content (AvgIpc) is 2.58. The molecule has 0 radical (unpaired) electrons. The van der Waals surface area contributed by atoms with Crippen molar-refractivity contribution in [3.8, 4) is 0 Å². The lowest BCUT2D eigenvalue weighted by atomic mass is 10.5. The Morgan fingerprint density at radius 3 is 3.07 bits per heavy atom. The van der Waals surface area contributed by atoms with Gasteiger partial charge in [0, 0.05) is 30.7 Å². The van der Waals surface area contributed by atoms with Crippen LogP contribution in [-0.4, -0.2) is 31.3 Å². The Kier molecular flexibility index (Phi) is 5.46. The lowest BCUT2D eigenvalue weighted by Gasteiger charge is -2.03. The van der Waals surface area contributed by atoms with Gasteiger partial charge in [0.05, 0.1) is 13.2 Å². The van der Waals surface area contributed by atoms with Crippen LogP contribution >= 0.6 is 11.3 Å². The normalized spacial score (nSPS) is 10.6. The number of aromatic amines is 1. The largest absolute Gasteiger partial charge is 0.379 e. The molecule has 0 saturated heterocycles. The fourth-order valence-electron chi connectivity index (χ4n) is 0.953. The third kappa shape index (κ3) is 4.52. The minimum Gasteiger partial charge on any atom is -0.379 e. The van der Waals surface area contributed by atoms with E-state index < -0.39 is 0 Å². The molecule has 14 heavy (non-hydrogen) atoms. The Balaban J connectivity index is 2.02. The van der Waals surface area contributed by atoms with Crippen molar-refractivity contribution in [2.75, 3.05) is 26.3 Å². The Bertz CT molecular complexity index is 297. The Hall–Kier alpha value is -0.690. The second kappa shape index (κ2) is 6.72. The van der Waals surface area contributed by atoms with Crippen LogP contribution in [0.5, 0.6) is 0 Å². The van der Waals surface area contributed by atoms with Crippen LogP contribution in [-0.2, 0) is 11.3 Å². The molecule has 80 valence electrons. The fourth-order valence-corrected chi connectivity index (χ4v) is 1.53. The fraction of sp³-hybridized carbons (Fsp3) is 0.625. The van der Waals surface area contributed by atoms with Gasteiger partial charge in [-0.2, -0.15) is 0 Å². The highest BCUT2D eigenvalue weighted by Gasteiger charge is 1.94. The second-order valence-corrected chi connectivity index (χ2v) is 3.59. The molecule has 0 atom stereocenters. The van der Waals surface area contributed by atoms with Gasteiger partial charge < -0.3 is 20.8 Å². The Morgan fingerprint density at radius 1 is 1.57 bits per heavy atom. The summed E-state index contributed by atoms with van der Waals surface area (Å²) in [6.07, 6.45) is 0. The number of hydrogen-bond donors (Lipinski definition) is 3. The third-order valence-corrected chi connectivity index (χ3v) is 2.29. The van der Waals surface area contributed by atoms with Gasteiger partial charge in [-0.15, -0.1) is 0 Å². The smallest absolute Gasteiger partial charge is 0.304 e. The average molecular weight is 217 g/mol. The molecular formula is C8H15N3O2S. The highest BCUT2D eigenvalue weighted by Crippen LogP contribution is 1.93. The van der Waals surface area contributed by atoms with Gasteiger partial charge in [0.15, 0.2) is 0 Å². The summed E-state index contributed by atoms with van der Waals surface area (Å²) in [6.45, 7) is 3.23. The summed E-state index contributed by atoms with van der Waals surface area (Å²) in [4.78, 5) is 13.5. The van der Waals surface area contributed by atoms with Gasteiger partial charge in [0.2, 0.25) is 0 Å². The number of aromatic nitrogens is 1. The van der Waals surface area contributed by atoms with Gasteiger partial charge in [-0.3, -0.25) is 4.79 Å². The molecule has 1 aromatic rings. The summed E-state index contributed by atoms with van der Waals surface area (Å²) in [5.74, 6) is 0. The molecule has 5 nitrogen and oxygen atoms in total. The van der Waals surface area contributed by atoms with Gasteiger partial charge in [0.25, 0.3) is 0 Å².